The fraction of sp³-hybridized carbons (Fsp3) is 1.00. The maximum absolute atomic E-state index is 5.47. The fourth-order valence-electron chi connectivity index (χ4n) is 0.717. The van der Waals surface area contributed by atoms with Crippen LogP contribution in [0.5, 0.6) is 0 Å². The van der Waals surface area contributed by atoms with Gasteiger partial charge in [-0.05, 0) is 0 Å². The molecule has 0 heterocycles. The zero-order valence-corrected chi connectivity index (χ0v) is 18.9. The molecule has 0 saturated carbocycles. The van der Waals surface area contributed by atoms with E-state index in [9.17, 15) is 0 Å². The molecule has 0 saturated heterocycles. The van der Waals surface area contributed by atoms with Crippen molar-refractivity contribution >= 4 is 0 Å². The molecule has 22 heavy (non-hydrogen) atoms. The maximum atomic E-state index is 5.47. The second kappa shape index (κ2) is 18.6. The molecule has 0 rings (SSSR count). The van der Waals surface area contributed by atoms with Crippen molar-refractivity contribution in [3.63, 3.8) is 0 Å². The molecule has 0 N–H and O–H groups in total. The molecule has 0 radical (unpaired) electrons. The third-order valence-corrected chi connectivity index (χ3v) is 6.41. The van der Waals surface area contributed by atoms with Gasteiger partial charge in [0.15, 0.2) is 0 Å². The Hall–Kier alpha value is 1.27. The Balaban J connectivity index is 0. The second-order valence-corrected chi connectivity index (χ2v) is 7.51. The van der Waals surface area contributed by atoms with Crippen molar-refractivity contribution in [2.75, 3.05) is 0 Å². The molecule has 0 spiro atoms. The summed E-state index contributed by atoms with van der Waals surface area (Å²) < 4.78 is 21.9. The molecular weight excluding hydrogens is 352 g/mol. The average molecular weight is 388 g/mol. The molecule has 0 aromatic carbocycles. The van der Waals surface area contributed by atoms with Gasteiger partial charge in [0.05, 0.1) is 0 Å². The van der Waals surface area contributed by atoms with Gasteiger partial charge in [-0.15, -0.1) is 0 Å². The molecule has 0 amide bonds. The predicted octanol–water partition coefficient (Wildman–Crippen LogP) is 5.06. The van der Waals surface area contributed by atoms with Crippen LogP contribution in [0.25, 0.3) is 0 Å². The Bertz CT molecular complexity index is 178. The predicted molar refractivity (Wildman–Crippen MR) is 83.4 cm³/mol. The van der Waals surface area contributed by atoms with E-state index in [0.29, 0.717) is 24.4 Å². The topological polar surface area (TPSA) is 36.9 Å². The molecule has 0 aliphatic carbocycles. The van der Waals surface area contributed by atoms with Crippen LogP contribution in [-0.4, -0.2) is 24.4 Å². The Labute approximate surface area is 158 Å². The fourth-order valence-corrected chi connectivity index (χ4v) is 2.96. The first-order valence-corrected chi connectivity index (χ1v) is 11.1. The van der Waals surface area contributed by atoms with E-state index in [1.54, 1.807) is 0 Å². The van der Waals surface area contributed by atoms with Gasteiger partial charge in [-0.25, -0.2) is 0 Å². The average Bonchev–Trinajstić information content (AvgIpc) is 2.54. The van der Waals surface area contributed by atoms with Gasteiger partial charge in [-0.1, -0.05) is 0 Å². The van der Waals surface area contributed by atoms with E-state index in [1.807, 2.05) is 0 Å². The number of hydrogen-bond donors (Lipinski definition) is 0. The molecule has 132 valence electrons. The van der Waals surface area contributed by atoms with Gasteiger partial charge < -0.3 is 0 Å². The molecule has 0 bridgehead atoms. The molecule has 0 aliphatic rings. The van der Waals surface area contributed by atoms with Gasteiger partial charge >= 0.3 is 159 Å². The second-order valence-electron chi connectivity index (χ2n) is 5.51. The van der Waals surface area contributed by atoms with Crippen molar-refractivity contribution in [3.05, 3.63) is 0 Å². The van der Waals surface area contributed by atoms with Gasteiger partial charge in [0.25, 0.3) is 0 Å². The van der Waals surface area contributed by atoms with Gasteiger partial charge in [0.2, 0.25) is 0 Å². The third-order valence-electron chi connectivity index (χ3n) is 3.30. The summed E-state index contributed by atoms with van der Waals surface area (Å²) in [5.41, 5.74) is 0. The first-order chi connectivity index (χ1) is 10.4. The van der Waals surface area contributed by atoms with E-state index in [4.69, 9.17) is 13.3 Å². The summed E-state index contributed by atoms with van der Waals surface area (Å²) in [7, 11) is 0. The van der Waals surface area contributed by atoms with Crippen LogP contribution < -0.4 is 0 Å². The first-order valence-electron chi connectivity index (χ1n) is 8.53. The third kappa shape index (κ3) is 19.3. The standard InChI is InChI=1S/4C4H9O.2Ti/c4*1-3-4(2)5;;/h4*4H,3H2,1-2H3;;/q4*-1;2*+2. The van der Waals surface area contributed by atoms with Crippen LogP contribution in [0.1, 0.15) is 81.1 Å². The molecule has 4 unspecified atom stereocenters. The van der Waals surface area contributed by atoms with Crippen molar-refractivity contribution in [1.29, 1.82) is 0 Å². The summed E-state index contributed by atoms with van der Waals surface area (Å²) in [4.78, 5) is 0. The molecule has 0 aromatic heterocycles. The zero-order valence-electron chi connectivity index (χ0n) is 15.8. The van der Waals surface area contributed by atoms with Crippen LogP contribution in [0.4, 0.5) is 0 Å². The molecule has 4 atom stereocenters. The molecular formula is C16H36O4Ti2. The van der Waals surface area contributed by atoms with Crippen molar-refractivity contribution in [2.24, 2.45) is 0 Å². The summed E-state index contributed by atoms with van der Waals surface area (Å²) in [6, 6.07) is 0. The van der Waals surface area contributed by atoms with Crippen LogP contribution in [0.3, 0.4) is 0 Å². The Morgan fingerprint density at radius 1 is 0.500 bits per heavy atom. The van der Waals surface area contributed by atoms with E-state index in [1.165, 1.54) is 0 Å². The van der Waals surface area contributed by atoms with Crippen LogP contribution in [-0.2, 0) is 53.1 Å². The van der Waals surface area contributed by atoms with Crippen LogP contribution in [0.2, 0.25) is 0 Å². The SMILES string of the molecule is CCC(C)[O][Ti][O]C(C)CC.CCC(C)[O][Ti][O]C(C)CC. The van der Waals surface area contributed by atoms with E-state index in [2.05, 4.69) is 55.4 Å². The van der Waals surface area contributed by atoms with E-state index in [0.717, 1.165) is 25.7 Å². The molecule has 0 aliphatic heterocycles. The van der Waals surface area contributed by atoms with Gasteiger partial charge in [0, 0.05) is 0 Å². The summed E-state index contributed by atoms with van der Waals surface area (Å²) in [6.07, 6.45) is 5.80. The van der Waals surface area contributed by atoms with Crippen LogP contribution in [0, 0.1) is 0 Å². The monoisotopic (exact) mass is 388 g/mol. The van der Waals surface area contributed by atoms with Crippen LogP contribution >= 0.6 is 0 Å². The first kappa shape index (κ1) is 25.5. The Morgan fingerprint density at radius 3 is 0.818 bits per heavy atom. The van der Waals surface area contributed by atoms with E-state index < -0.39 is 39.9 Å². The number of rotatable bonds is 12. The van der Waals surface area contributed by atoms with Gasteiger partial charge in [-0.3, -0.25) is 0 Å². The van der Waals surface area contributed by atoms with E-state index >= 15 is 0 Å². The minimum absolute atomic E-state index is 0.374. The zero-order chi connectivity index (χ0) is 17.4. The normalized spacial score (nSPS) is 16.0. The Morgan fingerprint density at radius 2 is 0.682 bits per heavy atom. The Kier molecular flexibility index (Phi) is 21.6. The van der Waals surface area contributed by atoms with E-state index in [-0.39, 0.29) is 0 Å². The van der Waals surface area contributed by atoms with Crippen molar-refractivity contribution < 1.29 is 53.1 Å². The van der Waals surface area contributed by atoms with Crippen molar-refractivity contribution in [1.82, 2.24) is 0 Å². The quantitative estimate of drug-likeness (QED) is 0.438. The number of hydrogen-bond acceptors (Lipinski definition) is 4. The van der Waals surface area contributed by atoms with Crippen molar-refractivity contribution in [2.45, 2.75) is 105 Å². The molecule has 0 aromatic rings. The molecule has 6 heteroatoms. The van der Waals surface area contributed by atoms with Gasteiger partial charge in [-0.2, -0.15) is 0 Å². The summed E-state index contributed by atoms with van der Waals surface area (Å²) >= 11 is -1.18. The summed E-state index contributed by atoms with van der Waals surface area (Å²) in [5, 5.41) is 0. The summed E-state index contributed by atoms with van der Waals surface area (Å²) in [5.74, 6) is 0. The summed E-state index contributed by atoms with van der Waals surface area (Å²) in [6.45, 7) is 16.8. The van der Waals surface area contributed by atoms with Crippen molar-refractivity contribution in [3.8, 4) is 0 Å². The molecule has 4 nitrogen and oxygen atoms in total. The minimum atomic E-state index is -0.592. The van der Waals surface area contributed by atoms with Gasteiger partial charge in [0.1, 0.15) is 0 Å². The molecule has 0 fully saturated rings. The van der Waals surface area contributed by atoms with Crippen LogP contribution in [0.15, 0.2) is 0 Å².